The molecule has 2 N–H and O–H groups in total. The van der Waals surface area contributed by atoms with Gasteiger partial charge in [0.15, 0.2) is 0 Å². The highest BCUT2D eigenvalue weighted by molar-refractivity contribution is 5.74. The molecule has 2 aromatic rings. The van der Waals surface area contributed by atoms with Crippen LogP contribution in [0, 0.1) is 11.6 Å². The van der Waals surface area contributed by atoms with Crippen molar-refractivity contribution in [2.75, 3.05) is 0 Å². The number of hydrogen-bond donors (Lipinski definition) is 2. The molecule has 1 aliphatic carbocycles. The summed E-state index contributed by atoms with van der Waals surface area (Å²) in [6.07, 6.45) is 4.08. The summed E-state index contributed by atoms with van der Waals surface area (Å²) in [7, 11) is 0. The second kappa shape index (κ2) is 6.59. The van der Waals surface area contributed by atoms with Gasteiger partial charge in [-0.1, -0.05) is 0 Å². The summed E-state index contributed by atoms with van der Waals surface area (Å²) in [6, 6.07) is 3.00. The van der Waals surface area contributed by atoms with Crippen LogP contribution in [-0.2, 0) is 6.42 Å². The van der Waals surface area contributed by atoms with Gasteiger partial charge in [0.25, 0.3) is 0 Å². The zero-order chi connectivity index (χ0) is 17.3. The predicted octanol–water partition coefficient (Wildman–Crippen LogP) is 3.24. The van der Waals surface area contributed by atoms with E-state index < -0.39 is 11.6 Å². The fourth-order valence-corrected chi connectivity index (χ4v) is 3.05. The van der Waals surface area contributed by atoms with Crippen LogP contribution in [-0.4, -0.2) is 21.9 Å². The smallest absolute Gasteiger partial charge is 0.315 e. The van der Waals surface area contributed by atoms with E-state index in [1.807, 2.05) is 13.8 Å². The van der Waals surface area contributed by atoms with Crippen LogP contribution in [0.5, 0.6) is 0 Å². The maximum absolute atomic E-state index is 13.5. The van der Waals surface area contributed by atoms with E-state index in [1.165, 1.54) is 12.1 Å². The third-order valence-corrected chi connectivity index (χ3v) is 4.00. The van der Waals surface area contributed by atoms with Crippen molar-refractivity contribution in [2.45, 2.75) is 45.2 Å². The Balaban J connectivity index is 1.88. The molecule has 3 rings (SSSR count). The summed E-state index contributed by atoms with van der Waals surface area (Å²) < 4.78 is 28.5. The van der Waals surface area contributed by atoms with Crippen LogP contribution >= 0.6 is 0 Å². The molecule has 1 aromatic carbocycles. The van der Waals surface area contributed by atoms with E-state index in [4.69, 9.17) is 0 Å². The highest BCUT2D eigenvalue weighted by Gasteiger charge is 2.26. The summed E-state index contributed by atoms with van der Waals surface area (Å²) in [5.74, 6) is -1.29. The maximum Gasteiger partial charge on any atom is 0.315 e. The highest BCUT2D eigenvalue weighted by Crippen LogP contribution is 2.31. The van der Waals surface area contributed by atoms with Gasteiger partial charge in [0.1, 0.15) is 11.6 Å². The number of hydrogen-bond acceptors (Lipinski definition) is 2. The Hall–Kier alpha value is -2.44. The minimum Gasteiger partial charge on any atom is -0.336 e. The van der Waals surface area contributed by atoms with Crippen molar-refractivity contribution in [3.63, 3.8) is 0 Å². The molecule has 0 bridgehead atoms. The monoisotopic (exact) mass is 334 g/mol. The normalized spacial score (nSPS) is 16.8. The molecule has 0 aliphatic heterocycles. The number of nitrogens with zero attached hydrogens (tertiary/aromatic N) is 2. The SMILES string of the molecule is CC(C)NC(=O)N[C@H]1CCCc2c1cnn2-c1cc(F)cc(F)c1. The molecule has 0 saturated carbocycles. The molecule has 0 spiro atoms. The third kappa shape index (κ3) is 3.39. The van der Waals surface area contributed by atoms with Gasteiger partial charge in [-0.2, -0.15) is 5.10 Å². The summed E-state index contributed by atoms with van der Waals surface area (Å²) in [4.78, 5) is 11.9. The molecular weight excluding hydrogens is 314 g/mol. The van der Waals surface area contributed by atoms with Gasteiger partial charge in [0.2, 0.25) is 0 Å². The van der Waals surface area contributed by atoms with E-state index in [-0.39, 0.29) is 18.1 Å². The number of urea groups is 1. The van der Waals surface area contributed by atoms with Crippen LogP contribution in [0.3, 0.4) is 0 Å². The van der Waals surface area contributed by atoms with Gasteiger partial charge in [-0.3, -0.25) is 0 Å². The van der Waals surface area contributed by atoms with Crippen LogP contribution in [0.1, 0.15) is 44.0 Å². The first-order chi connectivity index (χ1) is 11.4. The molecule has 1 aliphatic rings. The molecule has 1 atom stereocenters. The highest BCUT2D eigenvalue weighted by atomic mass is 19.1. The van der Waals surface area contributed by atoms with Crippen LogP contribution in [0.2, 0.25) is 0 Å². The summed E-state index contributed by atoms with van der Waals surface area (Å²) in [5, 5.41) is 10.0. The predicted molar refractivity (Wildman–Crippen MR) is 86.0 cm³/mol. The Bertz CT molecular complexity index is 737. The Morgan fingerprint density at radius 2 is 2.00 bits per heavy atom. The first kappa shape index (κ1) is 16.4. The van der Waals surface area contributed by atoms with Gasteiger partial charge in [0.05, 0.1) is 17.9 Å². The number of halogens is 2. The zero-order valence-electron chi connectivity index (χ0n) is 13.6. The van der Waals surface area contributed by atoms with Crippen molar-refractivity contribution in [1.29, 1.82) is 0 Å². The van der Waals surface area contributed by atoms with Crippen molar-refractivity contribution in [3.05, 3.63) is 47.3 Å². The molecular formula is C17H20F2N4O. The van der Waals surface area contributed by atoms with Crippen LogP contribution in [0.4, 0.5) is 13.6 Å². The van der Waals surface area contributed by atoms with E-state index in [2.05, 4.69) is 15.7 Å². The first-order valence-electron chi connectivity index (χ1n) is 8.04. The van der Waals surface area contributed by atoms with E-state index in [1.54, 1.807) is 10.9 Å². The van der Waals surface area contributed by atoms with Crippen LogP contribution in [0.15, 0.2) is 24.4 Å². The van der Waals surface area contributed by atoms with Gasteiger partial charge >= 0.3 is 6.03 Å². The molecule has 7 heteroatoms. The van der Waals surface area contributed by atoms with Gasteiger partial charge < -0.3 is 10.6 Å². The van der Waals surface area contributed by atoms with Gasteiger partial charge in [-0.05, 0) is 45.2 Å². The fourth-order valence-electron chi connectivity index (χ4n) is 3.05. The lowest BCUT2D eigenvalue weighted by atomic mass is 9.93. The van der Waals surface area contributed by atoms with Gasteiger partial charge in [-0.15, -0.1) is 0 Å². The number of nitrogens with one attached hydrogen (secondary N) is 2. The summed E-state index contributed by atoms with van der Waals surface area (Å²) in [6.45, 7) is 3.78. The van der Waals surface area contributed by atoms with E-state index in [0.29, 0.717) is 5.69 Å². The third-order valence-electron chi connectivity index (χ3n) is 4.00. The lowest BCUT2D eigenvalue weighted by Crippen LogP contribution is -2.42. The second-order valence-electron chi connectivity index (χ2n) is 6.30. The molecule has 24 heavy (non-hydrogen) atoms. The van der Waals surface area contributed by atoms with Crippen molar-refractivity contribution < 1.29 is 13.6 Å². The Labute approximate surface area is 139 Å². The topological polar surface area (TPSA) is 59.0 Å². The Morgan fingerprint density at radius 1 is 1.29 bits per heavy atom. The lowest BCUT2D eigenvalue weighted by molar-refractivity contribution is 0.233. The minimum atomic E-state index is -0.643. The molecule has 0 saturated heterocycles. The average Bonchev–Trinajstić information content (AvgIpc) is 2.90. The number of amides is 2. The number of benzene rings is 1. The summed E-state index contributed by atoms with van der Waals surface area (Å²) in [5.41, 5.74) is 2.12. The lowest BCUT2D eigenvalue weighted by Gasteiger charge is -2.25. The molecule has 0 unspecified atom stereocenters. The standard InChI is InChI=1S/C17H20F2N4O/c1-10(2)21-17(24)22-15-4-3-5-16-14(15)9-20-23(16)13-7-11(18)6-12(19)8-13/h6-10,15H,3-5H2,1-2H3,(H2,21,22,24)/t15-/m0/s1. The average molecular weight is 334 g/mol. The van der Waals surface area contributed by atoms with E-state index in [0.717, 1.165) is 36.6 Å². The Kier molecular flexibility index (Phi) is 4.51. The summed E-state index contributed by atoms with van der Waals surface area (Å²) >= 11 is 0. The quantitative estimate of drug-likeness (QED) is 0.905. The molecule has 0 fully saturated rings. The van der Waals surface area contributed by atoms with E-state index in [9.17, 15) is 13.6 Å². The number of carbonyl (C=O) groups excluding carboxylic acids is 1. The molecule has 128 valence electrons. The minimum absolute atomic E-state index is 0.0473. The number of carbonyl (C=O) groups is 1. The molecule has 5 nitrogen and oxygen atoms in total. The maximum atomic E-state index is 13.5. The van der Waals surface area contributed by atoms with Crippen molar-refractivity contribution in [1.82, 2.24) is 20.4 Å². The van der Waals surface area contributed by atoms with Crippen molar-refractivity contribution in [2.24, 2.45) is 0 Å². The number of rotatable bonds is 3. The molecule has 1 aromatic heterocycles. The second-order valence-corrected chi connectivity index (χ2v) is 6.30. The molecule has 2 amide bonds. The van der Waals surface area contributed by atoms with Crippen LogP contribution < -0.4 is 10.6 Å². The van der Waals surface area contributed by atoms with Crippen LogP contribution in [0.25, 0.3) is 5.69 Å². The molecule has 0 radical (unpaired) electrons. The van der Waals surface area contributed by atoms with E-state index >= 15 is 0 Å². The number of fused-ring (bicyclic) bond motifs is 1. The number of aromatic nitrogens is 2. The zero-order valence-corrected chi connectivity index (χ0v) is 13.6. The van der Waals surface area contributed by atoms with Gasteiger partial charge in [-0.25, -0.2) is 18.3 Å². The van der Waals surface area contributed by atoms with Gasteiger partial charge in [0, 0.05) is 23.4 Å². The van der Waals surface area contributed by atoms with Crippen molar-refractivity contribution in [3.8, 4) is 5.69 Å². The molecule has 1 heterocycles. The first-order valence-corrected chi connectivity index (χ1v) is 8.04. The Morgan fingerprint density at radius 3 is 2.67 bits per heavy atom. The fraction of sp³-hybridized carbons (Fsp3) is 0.412. The largest absolute Gasteiger partial charge is 0.336 e. The van der Waals surface area contributed by atoms with Crippen molar-refractivity contribution >= 4 is 6.03 Å².